The first kappa shape index (κ1) is 15.0. The molecule has 1 unspecified atom stereocenters. The molecule has 1 saturated heterocycles. The molecule has 0 saturated carbocycles. The van der Waals surface area contributed by atoms with E-state index in [1.807, 2.05) is 12.1 Å². The van der Waals surface area contributed by atoms with E-state index in [4.69, 9.17) is 0 Å². The number of halogens is 1. The van der Waals surface area contributed by atoms with E-state index in [0.717, 1.165) is 36.2 Å². The summed E-state index contributed by atoms with van der Waals surface area (Å²) < 4.78 is 0.968. The second-order valence-corrected chi connectivity index (χ2v) is 6.24. The van der Waals surface area contributed by atoms with Gasteiger partial charge in [-0.15, -0.1) is 0 Å². The number of pyridine rings is 2. The molecule has 6 heteroatoms. The van der Waals surface area contributed by atoms with Crippen molar-refractivity contribution in [3.8, 4) is 0 Å². The molecule has 1 aliphatic rings. The molecule has 0 radical (unpaired) electrons. The lowest BCUT2D eigenvalue weighted by Gasteiger charge is -2.34. The Kier molecular flexibility index (Phi) is 4.68. The Balaban J connectivity index is 1.63. The van der Waals surface area contributed by atoms with Crippen LogP contribution < -0.4 is 10.2 Å². The van der Waals surface area contributed by atoms with E-state index in [9.17, 15) is 4.79 Å². The largest absolute Gasteiger partial charge is 0.355 e. The van der Waals surface area contributed by atoms with Gasteiger partial charge in [0.1, 0.15) is 5.82 Å². The third kappa shape index (κ3) is 3.62. The first-order chi connectivity index (χ1) is 10.7. The lowest BCUT2D eigenvalue weighted by Crippen LogP contribution is -2.48. The zero-order valence-electron chi connectivity index (χ0n) is 12.1. The molecule has 3 heterocycles. The molecule has 22 heavy (non-hydrogen) atoms. The third-order valence-corrected chi connectivity index (χ3v) is 4.20. The van der Waals surface area contributed by atoms with Gasteiger partial charge in [0.15, 0.2) is 0 Å². The molecule has 1 amide bonds. The number of piperidine rings is 1. The Morgan fingerprint density at radius 1 is 1.27 bits per heavy atom. The number of carbonyl (C=O) groups excluding carboxylic acids is 1. The van der Waals surface area contributed by atoms with Crippen LogP contribution in [0.1, 0.15) is 23.2 Å². The van der Waals surface area contributed by atoms with Gasteiger partial charge in [0, 0.05) is 47.8 Å². The summed E-state index contributed by atoms with van der Waals surface area (Å²) in [5, 5.41) is 3.10. The summed E-state index contributed by atoms with van der Waals surface area (Å²) in [4.78, 5) is 22.8. The molecule has 114 valence electrons. The predicted molar refractivity (Wildman–Crippen MR) is 88.9 cm³/mol. The molecule has 3 rings (SSSR count). The molecule has 2 aromatic rings. The second kappa shape index (κ2) is 6.87. The maximum atomic E-state index is 12.2. The van der Waals surface area contributed by atoms with E-state index in [0.29, 0.717) is 5.56 Å². The molecule has 1 atom stereocenters. The van der Waals surface area contributed by atoms with Gasteiger partial charge >= 0.3 is 0 Å². The quantitative estimate of drug-likeness (QED) is 0.913. The lowest BCUT2D eigenvalue weighted by atomic mass is 10.1. The molecular formula is C16H17BrN4O. The topological polar surface area (TPSA) is 58.1 Å². The average molecular weight is 361 g/mol. The minimum Gasteiger partial charge on any atom is -0.355 e. The first-order valence-electron chi connectivity index (χ1n) is 7.30. The number of aromatic nitrogens is 2. The summed E-state index contributed by atoms with van der Waals surface area (Å²) in [5.41, 5.74) is 0.647. The van der Waals surface area contributed by atoms with Crippen LogP contribution in [0.4, 0.5) is 5.82 Å². The van der Waals surface area contributed by atoms with Crippen LogP contribution >= 0.6 is 15.9 Å². The van der Waals surface area contributed by atoms with Crippen molar-refractivity contribution in [3.63, 3.8) is 0 Å². The van der Waals surface area contributed by atoms with Crippen molar-refractivity contribution in [1.29, 1.82) is 0 Å². The van der Waals surface area contributed by atoms with Gasteiger partial charge in [0.2, 0.25) is 0 Å². The molecule has 1 aliphatic heterocycles. The number of carbonyl (C=O) groups is 1. The van der Waals surface area contributed by atoms with E-state index in [1.165, 1.54) is 0 Å². The van der Waals surface area contributed by atoms with Gasteiger partial charge in [0.05, 0.1) is 0 Å². The van der Waals surface area contributed by atoms with Gasteiger partial charge in [-0.2, -0.15) is 0 Å². The van der Waals surface area contributed by atoms with E-state index >= 15 is 0 Å². The Hall–Kier alpha value is -1.95. The van der Waals surface area contributed by atoms with Crippen molar-refractivity contribution < 1.29 is 4.79 Å². The fourth-order valence-electron chi connectivity index (χ4n) is 2.63. The summed E-state index contributed by atoms with van der Waals surface area (Å²) in [6, 6.07) is 7.58. The van der Waals surface area contributed by atoms with Crippen LogP contribution in [0, 0.1) is 0 Å². The van der Waals surface area contributed by atoms with E-state index < -0.39 is 0 Å². The molecule has 1 N–H and O–H groups in total. The maximum absolute atomic E-state index is 12.2. The average Bonchev–Trinajstić information content (AvgIpc) is 2.56. The number of anilines is 1. The lowest BCUT2D eigenvalue weighted by molar-refractivity contribution is 0.0933. The van der Waals surface area contributed by atoms with Crippen molar-refractivity contribution >= 4 is 27.7 Å². The van der Waals surface area contributed by atoms with Gasteiger partial charge in [-0.3, -0.25) is 9.78 Å². The van der Waals surface area contributed by atoms with Gasteiger partial charge in [-0.05, 0) is 53.0 Å². The minimum atomic E-state index is -0.0435. The van der Waals surface area contributed by atoms with Crippen molar-refractivity contribution in [1.82, 2.24) is 15.3 Å². The fourth-order valence-corrected chi connectivity index (χ4v) is 2.86. The van der Waals surface area contributed by atoms with Gasteiger partial charge < -0.3 is 10.2 Å². The molecular weight excluding hydrogens is 344 g/mol. The normalized spacial score (nSPS) is 18.0. The van der Waals surface area contributed by atoms with Crippen LogP contribution in [-0.2, 0) is 0 Å². The summed E-state index contributed by atoms with van der Waals surface area (Å²) >= 11 is 3.40. The van der Waals surface area contributed by atoms with Crippen LogP contribution in [0.2, 0.25) is 0 Å². The van der Waals surface area contributed by atoms with Gasteiger partial charge in [0.25, 0.3) is 5.91 Å². The van der Waals surface area contributed by atoms with Crippen molar-refractivity contribution in [2.45, 2.75) is 18.9 Å². The molecule has 5 nitrogen and oxygen atoms in total. The van der Waals surface area contributed by atoms with Gasteiger partial charge in [-0.25, -0.2) is 4.98 Å². The van der Waals surface area contributed by atoms with E-state index in [1.54, 1.807) is 30.7 Å². The van der Waals surface area contributed by atoms with E-state index in [-0.39, 0.29) is 11.9 Å². The van der Waals surface area contributed by atoms with Crippen LogP contribution in [0.5, 0.6) is 0 Å². The monoisotopic (exact) mass is 360 g/mol. The Morgan fingerprint density at radius 2 is 2.09 bits per heavy atom. The molecule has 0 bridgehead atoms. The number of nitrogens with one attached hydrogen (secondary N) is 1. The van der Waals surface area contributed by atoms with Crippen molar-refractivity contribution in [2.24, 2.45) is 0 Å². The van der Waals surface area contributed by atoms with E-state index in [2.05, 4.69) is 36.1 Å². The highest BCUT2D eigenvalue weighted by Crippen LogP contribution is 2.19. The van der Waals surface area contributed by atoms with Crippen molar-refractivity contribution in [3.05, 3.63) is 52.9 Å². The smallest absolute Gasteiger partial charge is 0.251 e. The third-order valence-electron chi connectivity index (χ3n) is 3.73. The SMILES string of the molecule is O=C(NC1CCCN(c2ccc(Br)cn2)C1)c1ccncc1. The number of rotatable bonds is 3. The molecule has 0 spiro atoms. The highest BCUT2D eigenvalue weighted by Gasteiger charge is 2.22. The standard InChI is InChI=1S/C16H17BrN4O/c17-13-3-4-15(19-10-13)21-9-1-2-14(11-21)20-16(22)12-5-7-18-8-6-12/h3-8,10,14H,1-2,9,11H2,(H,20,22). The second-order valence-electron chi connectivity index (χ2n) is 5.33. The van der Waals surface area contributed by atoms with Gasteiger partial charge in [-0.1, -0.05) is 0 Å². The van der Waals surface area contributed by atoms with Crippen LogP contribution in [0.3, 0.4) is 0 Å². The highest BCUT2D eigenvalue weighted by molar-refractivity contribution is 9.10. The number of nitrogens with zero attached hydrogens (tertiary/aromatic N) is 3. The summed E-state index contributed by atoms with van der Waals surface area (Å²) in [5.74, 6) is 0.907. The number of hydrogen-bond acceptors (Lipinski definition) is 4. The zero-order chi connectivity index (χ0) is 15.4. The summed E-state index contributed by atoms with van der Waals surface area (Å²) in [7, 11) is 0. The zero-order valence-corrected chi connectivity index (χ0v) is 13.7. The molecule has 2 aromatic heterocycles. The maximum Gasteiger partial charge on any atom is 0.251 e. The summed E-state index contributed by atoms with van der Waals surface area (Å²) in [6.45, 7) is 1.75. The van der Waals surface area contributed by atoms with Crippen molar-refractivity contribution in [2.75, 3.05) is 18.0 Å². The number of amides is 1. The van der Waals surface area contributed by atoms with Crippen LogP contribution in [-0.4, -0.2) is 35.0 Å². The van der Waals surface area contributed by atoms with Crippen LogP contribution in [0.25, 0.3) is 0 Å². The predicted octanol–water partition coefficient (Wildman–Crippen LogP) is 2.64. The molecule has 1 fully saturated rings. The highest BCUT2D eigenvalue weighted by atomic mass is 79.9. The Labute approximate surface area is 137 Å². The Morgan fingerprint density at radius 3 is 2.82 bits per heavy atom. The van der Waals surface area contributed by atoms with Crippen LogP contribution in [0.15, 0.2) is 47.3 Å². The fraction of sp³-hybridized carbons (Fsp3) is 0.312. The first-order valence-corrected chi connectivity index (χ1v) is 8.09. The summed E-state index contributed by atoms with van der Waals surface area (Å²) in [6.07, 6.45) is 7.10. The molecule has 0 aromatic carbocycles. The Bertz CT molecular complexity index is 632. The molecule has 0 aliphatic carbocycles. The minimum absolute atomic E-state index is 0.0435. The number of hydrogen-bond donors (Lipinski definition) is 1.